The summed E-state index contributed by atoms with van der Waals surface area (Å²) in [6.45, 7) is 5.14. The first-order valence-electron chi connectivity index (χ1n) is 8.48. The molecule has 1 aliphatic rings. The van der Waals surface area contributed by atoms with Gasteiger partial charge < -0.3 is 15.4 Å². The van der Waals surface area contributed by atoms with Gasteiger partial charge in [0.25, 0.3) is 0 Å². The zero-order valence-corrected chi connectivity index (χ0v) is 15.9. The summed E-state index contributed by atoms with van der Waals surface area (Å²) in [6.07, 6.45) is 0. The van der Waals surface area contributed by atoms with Gasteiger partial charge in [0.2, 0.25) is 0 Å². The van der Waals surface area contributed by atoms with E-state index >= 15 is 0 Å². The highest BCUT2D eigenvalue weighted by Crippen LogP contribution is 2.19. The van der Waals surface area contributed by atoms with Gasteiger partial charge in [0.1, 0.15) is 5.82 Å². The van der Waals surface area contributed by atoms with Crippen molar-refractivity contribution in [3.8, 4) is 0 Å². The van der Waals surface area contributed by atoms with E-state index < -0.39 is 5.82 Å². The third-order valence-corrected chi connectivity index (χ3v) is 4.70. The van der Waals surface area contributed by atoms with Crippen molar-refractivity contribution in [3.63, 3.8) is 0 Å². The first kappa shape index (κ1) is 19.0. The molecular weight excluding hydrogens is 373 g/mol. The SMILES string of the molecule is Fc1ccc(NC(=S)NCc2ccc(CN3CCOCC3)cc2)cc1Cl. The van der Waals surface area contributed by atoms with Crippen molar-refractivity contribution >= 4 is 34.6 Å². The fraction of sp³-hybridized carbons (Fsp3) is 0.316. The Kier molecular flexibility index (Phi) is 6.80. The van der Waals surface area contributed by atoms with Gasteiger partial charge in [0.05, 0.1) is 18.2 Å². The number of hydrogen-bond donors (Lipinski definition) is 2. The van der Waals surface area contributed by atoms with Gasteiger partial charge in [-0.3, -0.25) is 4.90 Å². The first-order chi connectivity index (χ1) is 12.6. The van der Waals surface area contributed by atoms with Crippen LogP contribution in [-0.2, 0) is 17.8 Å². The smallest absolute Gasteiger partial charge is 0.171 e. The number of halogens is 2. The molecule has 1 fully saturated rings. The standard InChI is InChI=1S/C19H21ClFN3OS/c20-17-11-16(5-6-18(17)21)23-19(26)22-12-14-1-3-15(4-2-14)13-24-7-9-25-10-8-24/h1-6,11H,7-10,12-13H2,(H2,22,23,26). The predicted molar refractivity (Wildman–Crippen MR) is 107 cm³/mol. The van der Waals surface area contributed by atoms with Crippen LogP contribution in [0.5, 0.6) is 0 Å². The number of nitrogens with zero attached hydrogens (tertiary/aromatic N) is 1. The monoisotopic (exact) mass is 393 g/mol. The Bertz CT molecular complexity index is 751. The highest BCUT2D eigenvalue weighted by Gasteiger charge is 2.10. The van der Waals surface area contributed by atoms with Crippen molar-refractivity contribution < 1.29 is 9.13 Å². The Morgan fingerprint density at radius 1 is 1.12 bits per heavy atom. The maximum Gasteiger partial charge on any atom is 0.171 e. The number of anilines is 1. The Morgan fingerprint density at radius 2 is 1.81 bits per heavy atom. The lowest BCUT2D eigenvalue weighted by molar-refractivity contribution is 0.0342. The largest absolute Gasteiger partial charge is 0.379 e. The van der Waals surface area contributed by atoms with Crippen molar-refractivity contribution in [1.29, 1.82) is 0 Å². The molecule has 26 heavy (non-hydrogen) atoms. The number of ether oxygens (including phenoxy) is 1. The van der Waals surface area contributed by atoms with Gasteiger partial charge in [-0.2, -0.15) is 0 Å². The molecule has 1 heterocycles. The fourth-order valence-corrected chi connectivity index (χ4v) is 3.08. The predicted octanol–water partition coefficient (Wildman–Crippen LogP) is 3.80. The summed E-state index contributed by atoms with van der Waals surface area (Å²) in [5.74, 6) is -0.451. The van der Waals surface area contributed by atoms with E-state index in [0.717, 1.165) is 38.4 Å². The van der Waals surface area contributed by atoms with Gasteiger partial charge in [-0.1, -0.05) is 35.9 Å². The van der Waals surface area contributed by atoms with E-state index in [0.29, 0.717) is 17.3 Å². The topological polar surface area (TPSA) is 36.5 Å². The normalized spacial score (nSPS) is 14.8. The number of hydrogen-bond acceptors (Lipinski definition) is 3. The van der Waals surface area contributed by atoms with E-state index in [9.17, 15) is 4.39 Å². The molecule has 0 aromatic heterocycles. The van der Waals surface area contributed by atoms with Crippen LogP contribution in [-0.4, -0.2) is 36.3 Å². The number of morpholine rings is 1. The Labute approximate surface area is 163 Å². The number of rotatable bonds is 5. The molecule has 0 atom stereocenters. The lowest BCUT2D eigenvalue weighted by Gasteiger charge is -2.26. The minimum absolute atomic E-state index is 0.0636. The molecule has 0 spiro atoms. The molecule has 0 bridgehead atoms. The van der Waals surface area contributed by atoms with Gasteiger partial charge in [-0.25, -0.2) is 4.39 Å². The highest BCUT2D eigenvalue weighted by atomic mass is 35.5. The minimum Gasteiger partial charge on any atom is -0.379 e. The third kappa shape index (κ3) is 5.64. The van der Waals surface area contributed by atoms with Crippen LogP contribution in [0.3, 0.4) is 0 Å². The van der Waals surface area contributed by atoms with E-state index in [2.05, 4.69) is 39.8 Å². The molecule has 0 unspecified atom stereocenters. The third-order valence-electron chi connectivity index (χ3n) is 4.16. The Hall–Kier alpha value is -1.73. The van der Waals surface area contributed by atoms with Crippen LogP contribution in [0.2, 0.25) is 5.02 Å². The van der Waals surface area contributed by atoms with Crippen LogP contribution in [0, 0.1) is 5.82 Å². The molecule has 4 nitrogen and oxygen atoms in total. The van der Waals surface area contributed by atoms with Crippen molar-refractivity contribution in [2.75, 3.05) is 31.6 Å². The molecule has 2 aromatic rings. The number of benzene rings is 2. The molecule has 2 N–H and O–H groups in total. The molecule has 2 aromatic carbocycles. The molecular formula is C19H21ClFN3OS. The van der Waals surface area contributed by atoms with Gasteiger partial charge in [-0.05, 0) is 41.5 Å². The zero-order valence-electron chi connectivity index (χ0n) is 14.3. The van der Waals surface area contributed by atoms with Crippen LogP contribution in [0.1, 0.15) is 11.1 Å². The van der Waals surface area contributed by atoms with E-state index in [-0.39, 0.29) is 5.02 Å². The van der Waals surface area contributed by atoms with Crippen LogP contribution in [0.4, 0.5) is 10.1 Å². The summed E-state index contributed by atoms with van der Waals surface area (Å²) in [6, 6.07) is 12.9. The molecule has 1 saturated heterocycles. The molecule has 1 aliphatic heterocycles. The van der Waals surface area contributed by atoms with Gasteiger partial charge in [-0.15, -0.1) is 0 Å². The van der Waals surface area contributed by atoms with Crippen LogP contribution >= 0.6 is 23.8 Å². The molecule has 0 radical (unpaired) electrons. The van der Waals surface area contributed by atoms with Gasteiger partial charge in [0.15, 0.2) is 5.11 Å². The summed E-state index contributed by atoms with van der Waals surface area (Å²) in [4.78, 5) is 2.39. The van der Waals surface area contributed by atoms with E-state index in [1.54, 1.807) is 6.07 Å². The van der Waals surface area contributed by atoms with Gasteiger partial charge in [0, 0.05) is 31.9 Å². The fourth-order valence-electron chi connectivity index (χ4n) is 2.71. The summed E-state index contributed by atoms with van der Waals surface area (Å²) < 4.78 is 18.5. The summed E-state index contributed by atoms with van der Waals surface area (Å²) >= 11 is 11.0. The Morgan fingerprint density at radius 3 is 2.50 bits per heavy atom. The number of thiocarbonyl (C=S) groups is 1. The molecule has 0 saturated carbocycles. The first-order valence-corrected chi connectivity index (χ1v) is 9.26. The Balaban J connectivity index is 1.46. The van der Waals surface area contributed by atoms with Crippen molar-refractivity contribution in [2.24, 2.45) is 0 Å². The lowest BCUT2D eigenvalue weighted by atomic mass is 10.1. The quantitative estimate of drug-likeness (QED) is 0.756. The van der Waals surface area contributed by atoms with Crippen molar-refractivity contribution in [1.82, 2.24) is 10.2 Å². The summed E-state index contributed by atoms with van der Waals surface area (Å²) in [5, 5.41) is 6.66. The highest BCUT2D eigenvalue weighted by molar-refractivity contribution is 7.80. The second-order valence-electron chi connectivity index (χ2n) is 6.14. The summed E-state index contributed by atoms with van der Waals surface area (Å²) in [5.41, 5.74) is 3.07. The molecule has 138 valence electrons. The maximum absolute atomic E-state index is 13.2. The average molecular weight is 394 g/mol. The second kappa shape index (κ2) is 9.28. The van der Waals surface area contributed by atoms with E-state index in [1.165, 1.54) is 17.7 Å². The maximum atomic E-state index is 13.2. The van der Waals surface area contributed by atoms with Crippen LogP contribution in [0.25, 0.3) is 0 Å². The lowest BCUT2D eigenvalue weighted by Crippen LogP contribution is -2.35. The van der Waals surface area contributed by atoms with Crippen LogP contribution < -0.4 is 10.6 Å². The average Bonchev–Trinajstić information content (AvgIpc) is 2.65. The van der Waals surface area contributed by atoms with E-state index in [1.807, 2.05) is 0 Å². The molecule has 7 heteroatoms. The van der Waals surface area contributed by atoms with E-state index in [4.69, 9.17) is 28.6 Å². The zero-order chi connectivity index (χ0) is 18.4. The summed E-state index contributed by atoms with van der Waals surface area (Å²) in [7, 11) is 0. The second-order valence-corrected chi connectivity index (χ2v) is 6.96. The molecule has 0 amide bonds. The molecule has 3 rings (SSSR count). The van der Waals surface area contributed by atoms with Crippen molar-refractivity contribution in [3.05, 3.63) is 64.4 Å². The minimum atomic E-state index is -0.451. The van der Waals surface area contributed by atoms with Crippen molar-refractivity contribution in [2.45, 2.75) is 13.1 Å². The number of nitrogens with one attached hydrogen (secondary N) is 2. The molecule has 0 aliphatic carbocycles. The van der Waals surface area contributed by atoms with Crippen LogP contribution in [0.15, 0.2) is 42.5 Å². The van der Waals surface area contributed by atoms with Gasteiger partial charge >= 0.3 is 0 Å².